The van der Waals surface area contributed by atoms with Crippen LogP contribution in [0.5, 0.6) is 0 Å². The van der Waals surface area contributed by atoms with Crippen molar-refractivity contribution >= 4 is 21.4 Å². The van der Waals surface area contributed by atoms with Crippen molar-refractivity contribution in [2.75, 3.05) is 18.5 Å². The number of rotatable bonds is 4. The van der Waals surface area contributed by atoms with Crippen LogP contribution in [0.3, 0.4) is 0 Å². The van der Waals surface area contributed by atoms with Gasteiger partial charge in [-0.05, 0) is 31.0 Å². The first-order chi connectivity index (χ1) is 8.79. The van der Waals surface area contributed by atoms with Crippen molar-refractivity contribution < 1.29 is 17.6 Å². The van der Waals surface area contributed by atoms with Gasteiger partial charge in [-0.15, -0.1) is 0 Å². The molecule has 0 aromatic heterocycles. The number of nitrogen functional groups attached to an aromatic ring is 1. The fraction of sp³-hybridized carbons (Fsp3) is 0.417. The molecule has 0 saturated heterocycles. The van der Waals surface area contributed by atoms with E-state index in [-0.39, 0.29) is 16.6 Å². The highest BCUT2D eigenvalue weighted by Gasteiger charge is 2.32. The number of anilines is 1. The van der Waals surface area contributed by atoms with Gasteiger partial charge in [0.15, 0.2) is 9.84 Å². The van der Waals surface area contributed by atoms with E-state index in [9.17, 15) is 17.6 Å². The Kier molecular flexibility index (Phi) is 3.49. The Bertz CT molecular complexity index is 591. The molecular weight excluding hydrogens is 271 g/mol. The first-order valence-electron chi connectivity index (χ1n) is 5.84. The van der Waals surface area contributed by atoms with Crippen LogP contribution in [-0.4, -0.2) is 38.1 Å². The fourth-order valence-electron chi connectivity index (χ4n) is 1.78. The molecule has 0 atom stereocenters. The average Bonchev–Trinajstić information content (AvgIpc) is 3.09. The molecule has 1 aliphatic rings. The minimum atomic E-state index is -3.87. The largest absolute Gasteiger partial charge is 0.399 e. The minimum Gasteiger partial charge on any atom is -0.399 e. The quantitative estimate of drug-likeness (QED) is 0.830. The molecule has 5 nitrogen and oxygen atoms in total. The molecule has 0 unspecified atom stereocenters. The van der Waals surface area contributed by atoms with Crippen LogP contribution in [0.15, 0.2) is 23.1 Å². The molecule has 0 bridgehead atoms. The smallest absolute Gasteiger partial charge is 0.238 e. The van der Waals surface area contributed by atoms with Crippen LogP contribution in [0.4, 0.5) is 10.1 Å². The van der Waals surface area contributed by atoms with Gasteiger partial charge in [0.25, 0.3) is 0 Å². The summed E-state index contributed by atoms with van der Waals surface area (Å²) in [7, 11) is -2.29. The zero-order chi connectivity index (χ0) is 14.2. The van der Waals surface area contributed by atoms with Gasteiger partial charge in [0, 0.05) is 18.8 Å². The van der Waals surface area contributed by atoms with E-state index in [4.69, 9.17) is 5.73 Å². The number of carbonyl (C=O) groups excluding carboxylic acids is 1. The van der Waals surface area contributed by atoms with Crippen molar-refractivity contribution in [3.05, 3.63) is 24.0 Å². The second-order valence-electron chi connectivity index (χ2n) is 4.72. The number of amides is 1. The topological polar surface area (TPSA) is 80.5 Å². The molecule has 0 heterocycles. The molecule has 1 saturated carbocycles. The highest BCUT2D eigenvalue weighted by atomic mass is 32.2. The van der Waals surface area contributed by atoms with Crippen LogP contribution in [-0.2, 0) is 14.6 Å². The molecule has 1 aliphatic carbocycles. The van der Waals surface area contributed by atoms with E-state index >= 15 is 0 Å². The van der Waals surface area contributed by atoms with E-state index < -0.39 is 27.3 Å². The summed E-state index contributed by atoms with van der Waals surface area (Å²) in [6.07, 6.45) is 1.80. The Labute approximate surface area is 111 Å². The summed E-state index contributed by atoms with van der Waals surface area (Å²) in [4.78, 5) is 13.0. The predicted octanol–water partition coefficient (Wildman–Crippen LogP) is 0.802. The maximum atomic E-state index is 13.2. The van der Waals surface area contributed by atoms with E-state index in [2.05, 4.69) is 0 Å². The van der Waals surface area contributed by atoms with E-state index in [0.717, 1.165) is 31.0 Å². The third-order valence-corrected chi connectivity index (χ3v) is 4.64. The lowest BCUT2D eigenvalue weighted by Crippen LogP contribution is -2.34. The highest BCUT2D eigenvalue weighted by Crippen LogP contribution is 2.26. The summed E-state index contributed by atoms with van der Waals surface area (Å²) in [5.41, 5.74) is 5.42. The van der Waals surface area contributed by atoms with Gasteiger partial charge in [0.1, 0.15) is 11.6 Å². The number of sulfone groups is 1. The van der Waals surface area contributed by atoms with Gasteiger partial charge >= 0.3 is 0 Å². The second kappa shape index (κ2) is 4.80. The SMILES string of the molecule is CN(C(=O)CS(=O)(=O)c1cc(N)cc(F)c1)C1CC1. The lowest BCUT2D eigenvalue weighted by molar-refractivity contribution is -0.127. The molecule has 7 heteroatoms. The maximum absolute atomic E-state index is 13.2. The fourth-order valence-corrected chi connectivity index (χ4v) is 3.08. The van der Waals surface area contributed by atoms with Crippen LogP contribution in [0.2, 0.25) is 0 Å². The third kappa shape index (κ3) is 3.23. The monoisotopic (exact) mass is 286 g/mol. The number of benzene rings is 1. The molecule has 1 fully saturated rings. The number of hydrogen-bond acceptors (Lipinski definition) is 4. The summed E-state index contributed by atoms with van der Waals surface area (Å²) >= 11 is 0. The molecule has 1 aromatic rings. The molecular formula is C12H15FN2O3S. The molecule has 0 spiro atoms. The van der Waals surface area contributed by atoms with Gasteiger partial charge in [0.05, 0.1) is 4.90 Å². The van der Waals surface area contributed by atoms with Crippen LogP contribution >= 0.6 is 0 Å². The third-order valence-electron chi connectivity index (χ3n) is 3.05. The van der Waals surface area contributed by atoms with Crippen LogP contribution in [0, 0.1) is 5.82 Å². The molecule has 2 rings (SSSR count). The van der Waals surface area contributed by atoms with Gasteiger partial charge in [-0.3, -0.25) is 4.79 Å². The maximum Gasteiger partial charge on any atom is 0.238 e. The summed E-state index contributed by atoms with van der Waals surface area (Å²) < 4.78 is 37.2. The molecule has 19 heavy (non-hydrogen) atoms. The first kappa shape index (κ1) is 13.8. The van der Waals surface area contributed by atoms with Crippen molar-refractivity contribution in [1.82, 2.24) is 4.90 Å². The Balaban J connectivity index is 2.19. The zero-order valence-corrected chi connectivity index (χ0v) is 11.3. The van der Waals surface area contributed by atoms with Crippen molar-refractivity contribution in [1.29, 1.82) is 0 Å². The van der Waals surface area contributed by atoms with Gasteiger partial charge in [-0.1, -0.05) is 0 Å². The highest BCUT2D eigenvalue weighted by molar-refractivity contribution is 7.92. The lowest BCUT2D eigenvalue weighted by atomic mass is 10.3. The number of nitrogens with zero attached hydrogens (tertiary/aromatic N) is 1. The van der Waals surface area contributed by atoms with Crippen molar-refractivity contribution in [2.24, 2.45) is 0 Å². The number of nitrogens with two attached hydrogens (primary N) is 1. The zero-order valence-electron chi connectivity index (χ0n) is 10.5. The van der Waals surface area contributed by atoms with Crippen LogP contribution in [0.1, 0.15) is 12.8 Å². The van der Waals surface area contributed by atoms with E-state index in [1.54, 1.807) is 7.05 Å². The van der Waals surface area contributed by atoms with Gasteiger partial charge in [-0.25, -0.2) is 12.8 Å². The Morgan fingerprint density at radius 2 is 2.05 bits per heavy atom. The van der Waals surface area contributed by atoms with Crippen molar-refractivity contribution in [3.63, 3.8) is 0 Å². The second-order valence-corrected chi connectivity index (χ2v) is 6.70. The van der Waals surface area contributed by atoms with E-state index in [1.165, 1.54) is 4.90 Å². The lowest BCUT2D eigenvalue weighted by Gasteiger charge is -2.16. The Morgan fingerprint density at radius 3 is 2.58 bits per heavy atom. The Morgan fingerprint density at radius 1 is 1.42 bits per heavy atom. The first-order valence-corrected chi connectivity index (χ1v) is 7.49. The average molecular weight is 286 g/mol. The van der Waals surface area contributed by atoms with Crippen molar-refractivity contribution in [3.8, 4) is 0 Å². The molecule has 0 aliphatic heterocycles. The van der Waals surface area contributed by atoms with Gasteiger partial charge < -0.3 is 10.6 Å². The summed E-state index contributed by atoms with van der Waals surface area (Å²) in [6, 6.07) is 3.19. The normalized spacial score (nSPS) is 15.3. The van der Waals surface area contributed by atoms with Crippen LogP contribution in [0.25, 0.3) is 0 Å². The summed E-state index contributed by atoms with van der Waals surface area (Å²) in [5.74, 6) is -1.88. The number of halogens is 1. The summed E-state index contributed by atoms with van der Waals surface area (Å²) in [6.45, 7) is 0. The molecule has 1 amide bonds. The van der Waals surface area contributed by atoms with Gasteiger partial charge in [0.2, 0.25) is 5.91 Å². The van der Waals surface area contributed by atoms with E-state index in [1.807, 2.05) is 0 Å². The van der Waals surface area contributed by atoms with Crippen LogP contribution < -0.4 is 5.73 Å². The van der Waals surface area contributed by atoms with E-state index in [0.29, 0.717) is 0 Å². The molecule has 2 N–H and O–H groups in total. The predicted molar refractivity (Wildman–Crippen MR) is 68.7 cm³/mol. The molecule has 0 radical (unpaired) electrons. The molecule has 104 valence electrons. The minimum absolute atomic E-state index is 0.0153. The summed E-state index contributed by atoms with van der Waals surface area (Å²) in [5, 5.41) is 0. The molecule has 1 aromatic carbocycles. The standard InChI is InChI=1S/C12H15FN2O3S/c1-15(10-2-3-10)12(16)7-19(17,18)11-5-8(13)4-9(14)6-11/h4-6,10H,2-3,7,14H2,1H3. The Hall–Kier alpha value is -1.63. The number of carbonyl (C=O) groups is 1. The van der Waals surface area contributed by atoms with Gasteiger partial charge in [-0.2, -0.15) is 0 Å². The number of hydrogen-bond donors (Lipinski definition) is 1. The van der Waals surface area contributed by atoms with Crippen molar-refractivity contribution in [2.45, 2.75) is 23.8 Å².